The second kappa shape index (κ2) is 8.45. The molecule has 0 saturated carbocycles. The van der Waals surface area contributed by atoms with Gasteiger partial charge in [0.25, 0.3) is 10.0 Å². The van der Waals surface area contributed by atoms with E-state index in [1.54, 1.807) is 67.0 Å². The summed E-state index contributed by atoms with van der Waals surface area (Å²) in [5.74, 6) is 0.511. The predicted octanol–water partition coefficient (Wildman–Crippen LogP) is 5.31. The predicted molar refractivity (Wildman–Crippen MR) is 123 cm³/mol. The molecule has 0 spiro atoms. The smallest absolute Gasteiger partial charge is 0.262 e. The van der Waals surface area contributed by atoms with Crippen LogP contribution in [0.15, 0.2) is 84.1 Å². The Morgan fingerprint density at radius 1 is 1.00 bits per heavy atom. The Balaban J connectivity index is 1.72. The number of nitrogens with zero attached hydrogens (tertiary/aromatic N) is 2. The highest BCUT2D eigenvalue weighted by Crippen LogP contribution is 2.34. The van der Waals surface area contributed by atoms with E-state index in [1.165, 1.54) is 7.11 Å². The van der Waals surface area contributed by atoms with E-state index in [-0.39, 0.29) is 4.90 Å². The lowest BCUT2D eigenvalue weighted by Crippen LogP contribution is -2.14. The highest BCUT2D eigenvalue weighted by molar-refractivity contribution is 7.92. The number of anilines is 1. The molecule has 31 heavy (non-hydrogen) atoms. The zero-order valence-electron chi connectivity index (χ0n) is 16.9. The van der Waals surface area contributed by atoms with Gasteiger partial charge in [-0.3, -0.25) is 4.72 Å². The van der Waals surface area contributed by atoms with Crippen LogP contribution in [-0.2, 0) is 10.0 Å². The van der Waals surface area contributed by atoms with Gasteiger partial charge in [-0.1, -0.05) is 48.0 Å². The van der Waals surface area contributed by atoms with Crippen molar-refractivity contribution >= 4 is 27.3 Å². The van der Waals surface area contributed by atoms with E-state index >= 15 is 0 Å². The van der Waals surface area contributed by atoms with Crippen LogP contribution in [0.25, 0.3) is 16.8 Å². The van der Waals surface area contributed by atoms with Crippen LogP contribution in [0, 0.1) is 6.92 Å². The molecule has 1 N–H and O–H groups in total. The number of halogens is 1. The number of imidazole rings is 1. The molecule has 0 fully saturated rings. The van der Waals surface area contributed by atoms with Crippen molar-refractivity contribution in [3.05, 3.63) is 90.0 Å². The largest absolute Gasteiger partial charge is 0.494 e. The maximum atomic E-state index is 13.3. The molecule has 4 aromatic rings. The SMILES string of the molecule is COc1cc(NS(=O)(=O)c2ccccc2-c2ccccc2Cl)ccc1-n1cnc(C)c1. The lowest BCUT2D eigenvalue weighted by atomic mass is 10.1. The topological polar surface area (TPSA) is 73.2 Å². The van der Waals surface area contributed by atoms with Crippen LogP contribution < -0.4 is 9.46 Å². The van der Waals surface area contributed by atoms with Gasteiger partial charge < -0.3 is 9.30 Å². The zero-order valence-corrected chi connectivity index (χ0v) is 18.5. The highest BCUT2D eigenvalue weighted by atomic mass is 35.5. The summed E-state index contributed by atoms with van der Waals surface area (Å²) in [7, 11) is -2.36. The standard InChI is InChI=1S/C23H20ClN3O3S/c1-16-14-27(15-25-16)21-12-11-17(13-22(21)30-2)26-31(28,29)23-10-6-4-8-19(23)18-7-3-5-9-20(18)24/h3-15,26H,1-2H3. The fraction of sp³-hybridized carbons (Fsp3) is 0.0870. The Morgan fingerprint density at radius 3 is 2.39 bits per heavy atom. The third-order valence-corrected chi connectivity index (χ3v) is 6.53. The molecule has 0 atom stereocenters. The van der Waals surface area contributed by atoms with Gasteiger partial charge in [-0.25, -0.2) is 13.4 Å². The van der Waals surface area contributed by atoms with Crippen molar-refractivity contribution in [3.63, 3.8) is 0 Å². The van der Waals surface area contributed by atoms with Crippen molar-refractivity contribution in [1.29, 1.82) is 0 Å². The second-order valence-electron chi connectivity index (χ2n) is 6.89. The van der Waals surface area contributed by atoms with Crippen LogP contribution >= 0.6 is 11.6 Å². The molecule has 4 rings (SSSR count). The molecule has 0 unspecified atom stereocenters. The quantitative estimate of drug-likeness (QED) is 0.429. The van der Waals surface area contributed by atoms with Gasteiger partial charge in [-0.2, -0.15) is 0 Å². The van der Waals surface area contributed by atoms with Crippen LogP contribution in [0.4, 0.5) is 5.69 Å². The molecule has 3 aromatic carbocycles. The number of methoxy groups -OCH3 is 1. The van der Waals surface area contributed by atoms with Gasteiger partial charge in [0, 0.05) is 28.4 Å². The summed E-state index contributed by atoms with van der Waals surface area (Å²) in [4.78, 5) is 4.36. The molecule has 0 aliphatic heterocycles. The minimum absolute atomic E-state index is 0.136. The van der Waals surface area contributed by atoms with Crippen LogP contribution in [-0.4, -0.2) is 25.1 Å². The van der Waals surface area contributed by atoms with Crippen molar-refractivity contribution in [2.24, 2.45) is 0 Å². The van der Waals surface area contributed by atoms with Gasteiger partial charge in [0.05, 0.1) is 35.4 Å². The number of aromatic nitrogens is 2. The van der Waals surface area contributed by atoms with Gasteiger partial charge in [-0.05, 0) is 31.2 Å². The Hall–Kier alpha value is -3.29. The van der Waals surface area contributed by atoms with Crippen molar-refractivity contribution in [1.82, 2.24) is 9.55 Å². The first-order chi connectivity index (χ1) is 14.9. The lowest BCUT2D eigenvalue weighted by Gasteiger charge is -2.15. The number of ether oxygens (including phenoxy) is 1. The average Bonchev–Trinajstić information content (AvgIpc) is 3.20. The van der Waals surface area contributed by atoms with Crippen molar-refractivity contribution < 1.29 is 13.2 Å². The normalized spacial score (nSPS) is 11.3. The summed E-state index contributed by atoms with van der Waals surface area (Å²) < 4.78 is 36.5. The first-order valence-corrected chi connectivity index (χ1v) is 11.3. The number of rotatable bonds is 6. The van der Waals surface area contributed by atoms with Crippen molar-refractivity contribution in [2.45, 2.75) is 11.8 Å². The van der Waals surface area contributed by atoms with E-state index in [0.29, 0.717) is 27.6 Å². The number of aryl methyl sites for hydroxylation is 1. The maximum absolute atomic E-state index is 13.3. The molecule has 8 heteroatoms. The zero-order chi connectivity index (χ0) is 22.0. The average molecular weight is 454 g/mol. The molecule has 6 nitrogen and oxygen atoms in total. The van der Waals surface area contributed by atoms with Crippen LogP contribution in [0.3, 0.4) is 0 Å². The Kier molecular flexibility index (Phi) is 5.71. The number of benzene rings is 3. The van der Waals surface area contributed by atoms with Crippen LogP contribution in [0.5, 0.6) is 5.75 Å². The number of nitrogens with one attached hydrogen (secondary N) is 1. The summed E-state index contributed by atoms with van der Waals surface area (Å²) in [5.41, 5.74) is 3.17. The summed E-state index contributed by atoms with van der Waals surface area (Å²) >= 11 is 6.32. The summed E-state index contributed by atoms with van der Waals surface area (Å²) in [6.45, 7) is 1.89. The van der Waals surface area contributed by atoms with Gasteiger partial charge in [0.1, 0.15) is 5.75 Å². The van der Waals surface area contributed by atoms with E-state index in [9.17, 15) is 8.42 Å². The van der Waals surface area contributed by atoms with Crippen molar-refractivity contribution in [2.75, 3.05) is 11.8 Å². The molecule has 158 valence electrons. The van der Waals surface area contributed by atoms with E-state index in [1.807, 2.05) is 23.8 Å². The molecule has 0 saturated heterocycles. The van der Waals surface area contributed by atoms with Gasteiger partial charge in [0.15, 0.2) is 0 Å². The van der Waals surface area contributed by atoms with E-state index in [4.69, 9.17) is 16.3 Å². The fourth-order valence-corrected chi connectivity index (χ4v) is 4.83. The maximum Gasteiger partial charge on any atom is 0.262 e. The summed E-state index contributed by atoms with van der Waals surface area (Å²) in [6.07, 6.45) is 3.54. The number of sulfonamides is 1. The molecule has 0 aliphatic carbocycles. The molecule has 0 bridgehead atoms. The van der Waals surface area contributed by atoms with E-state index in [0.717, 1.165) is 11.4 Å². The van der Waals surface area contributed by atoms with E-state index in [2.05, 4.69) is 9.71 Å². The molecule has 0 amide bonds. The molecular weight excluding hydrogens is 434 g/mol. The minimum Gasteiger partial charge on any atom is -0.494 e. The molecular formula is C23H20ClN3O3S. The monoisotopic (exact) mass is 453 g/mol. The summed E-state index contributed by atoms with van der Waals surface area (Å²) in [5, 5.41) is 0.479. The third kappa shape index (κ3) is 4.28. The molecule has 0 aliphatic rings. The van der Waals surface area contributed by atoms with Crippen molar-refractivity contribution in [3.8, 4) is 22.6 Å². The van der Waals surface area contributed by atoms with Crippen LogP contribution in [0.2, 0.25) is 5.02 Å². The summed E-state index contributed by atoms with van der Waals surface area (Å²) in [6, 6.07) is 19.0. The van der Waals surface area contributed by atoms with Gasteiger partial charge >= 0.3 is 0 Å². The van der Waals surface area contributed by atoms with Gasteiger partial charge in [-0.15, -0.1) is 0 Å². The Morgan fingerprint density at radius 2 is 1.71 bits per heavy atom. The number of hydrogen-bond acceptors (Lipinski definition) is 4. The van der Waals surface area contributed by atoms with Crippen LogP contribution in [0.1, 0.15) is 5.69 Å². The first-order valence-electron chi connectivity index (χ1n) is 9.45. The molecule has 1 aromatic heterocycles. The second-order valence-corrected chi connectivity index (χ2v) is 8.95. The molecule has 0 radical (unpaired) electrons. The first kappa shape index (κ1) is 21.0. The Bertz CT molecular complexity index is 1350. The third-order valence-electron chi connectivity index (χ3n) is 4.76. The van der Waals surface area contributed by atoms with Gasteiger partial charge in [0.2, 0.25) is 0 Å². The number of hydrogen-bond donors (Lipinski definition) is 1. The lowest BCUT2D eigenvalue weighted by molar-refractivity contribution is 0.413. The molecule has 1 heterocycles. The Labute approximate surface area is 186 Å². The highest BCUT2D eigenvalue weighted by Gasteiger charge is 2.21. The minimum atomic E-state index is -3.89. The fourth-order valence-electron chi connectivity index (χ4n) is 3.32. The van der Waals surface area contributed by atoms with E-state index < -0.39 is 10.0 Å².